The van der Waals surface area contributed by atoms with Crippen LogP contribution in [0.3, 0.4) is 0 Å². The third-order valence-corrected chi connectivity index (χ3v) is 1.75. The topological polar surface area (TPSA) is 65.2 Å². The summed E-state index contributed by atoms with van der Waals surface area (Å²) >= 11 is 0. The van der Waals surface area contributed by atoms with Gasteiger partial charge in [0.05, 0.1) is 13.5 Å². The molecule has 4 nitrogen and oxygen atoms in total. The minimum atomic E-state index is -0.310. The van der Waals surface area contributed by atoms with E-state index in [2.05, 4.69) is 9.72 Å². The van der Waals surface area contributed by atoms with Crippen LogP contribution in [0.2, 0.25) is 0 Å². The summed E-state index contributed by atoms with van der Waals surface area (Å²) in [5, 5.41) is 0. The summed E-state index contributed by atoms with van der Waals surface area (Å²) in [6, 6.07) is 3.26. The molecule has 0 aliphatic rings. The zero-order valence-electron chi connectivity index (χ0n) is 7.84. The third kappa shape index (κ3) is 3.72. The number of halogens is 1. The number of esters is 1. The number of carbonyl (C=O) groups is 1. The fourth-order valence-corrected chi connectivity index (χ4v) is 0.991. The van der Waals surface area contributed by atoms with Gasteiger partial charge in [0.2, 0.25) is 0 Å². The molecule has 0 saturated heterocycles. The molecule has 0 aromatic carbocycles. The van der Waals surface area contributed by atoms with Gasteiger partial charge in [0.1, 0.15) is 0 Å². The summed E-state index contributed by atoms with van der Waals surface area (Å²) < 4.78 is 4.51. The summed E-state index contributed by atoms with van der Waals surface area (Å²) in [4.78, 5) is 14.7. The maximum Gasteiger partial charge on any atom is 0.307 e. The zero-order chi connectivity index (χ0) is 9.68. The quantitative estimate of drug-likeness (QED) is 0.768. The van der Waals surface area contributed by atoms with Crippen LogP contribution in [0.15, 0.2) is 24.5 Å². The van der Waals surface area contributed by atoms with Gasteiger partial charge in [-0.25, -0.2) is 0 Å². The Kier molecular flexibility index (Phi) is 5.83. The van der Waals surface area contributed by atoms with Crippen molar-refractivity contribution in [2.75, 3.05) is 7.11 Å². The van der Waals surface area contributed by atoms with E-state index in [1.807, 2.05) is 0 Å². The van der Waals surface area contributed by atoms with Crippen LogP contribution in [-0.2, 0) is 9.53 Å². The van der Waals surface area contributed by atoms with Crippen LogP contribution in [-0.4, -0.2) is 18.1 Å². The van der Waals surface area contributed by atoms with Crippen molar-refractivity contribution in [1.29, 1.82) is 0 Å². The van der Waals surface area contributed by atoms with Crippen molar-refractivity contribution in [3.63, 3.8) is 0 Å². The Balaban J connectivity index is 0.00000169. The molecule has 0 fully saturated rings. The maximum atomic E-state index is 10.9. The first kappa shape index (κ1) is 12.9. The number of nitrogens with two attached hydrogens (primary N) is 1. The summed E-state index contributed by atoms with van der Waals surface area (Å²) in [6.07, 6.45) is 3.49. The fraction of sp³-hybridized carbons (Fsp3) is 0.333. The van der Waals surface area contributed by atoms with Gasteiger partial charge in [-0.05, 0) is 17.7 Å². The van der Waals surface area contributed by atoms with Gasteiger partial charge in [-0.1, -0.05) is 0 Å². The number of aromatic nitrogens is 1. The van der Waals surface area contributed by atoms with Gasteiger partial charge in [0, 0.05) is 18.4 Å². The van der Waals surface area contributed by atoms with Gasteiger partial charge >= 0.3 is 5.97 Å². The lowest BCUT2D eigenvalue weighted by molar-refractivity contribution is -0.141. The standard InChI is InChI=1S/C9H12N2O2.ClH/c1-13-9(12)6-8(10)7-2-4-11-5-3-7;/h2-5,8H,6,10H2,1H3;1H/t8-;/m0./s1. The Morgan fingerprint density at radius 2 is 2.14 bits per heavy atom. The lowest BCUT2D eigenvalue weighted by Gasteiger charge is -2.09. The first-order chi connectivity index (χ1) is 6.24. The van der Waals surface area contributed by atoms with Gasteiger partial charge in [-0.2, -0.15) is 0 Å². The smallest absolute Gasteiger partial charge is 0.307 e. The third-order valence-electron chi connectivity index (χ3n) is 1.75. The predicted molar refractivity (Wildman–Crippen MR) is 55.0 cm³/mol. The molecule has 5 heteroatoms. The molecular formula is C9H13ClN2O2. The molecule has 0 radical (unpaired) electrons. The van der Waals surface area contributed by atoms with E-state index in [0.717, 1.165) is 5.56 Å². The van der Waals surface area contributed by atoms with E-state index in [9.17, 15) is 4.79 Å². The van der Waals surface area contributed by atoms with Crippen LogP contribution >= 0.6 is 12.4 Å². The molecule has 2 N–H and O–H groups in total. The number of methoxy groups -OCH3 is 1. The largest absolute Gasteiger partial charge is 0.469 e. The molecule has 0 spiro atoms. The number of hydrogen-bond acceptors (Lipinski definition) is 4. The normalized spacial score (nSPS) is 11.3. The van der Waals surface area contributed by atoms with E-state index in [1.54, 1.807) is 24.5 Å². The Morgan fingerprint density at radius 1 is 1.57 bits per heavy atom. The maximum absolute atomic E-state index is 10.9. The molecule has 1 aromatic rings. The highest BCUT2D eigenvalue weighted by atomic mass is 35.5. The van der Waals surface area contributed by atoms with E-state index < -0.39 is 0 Å². The first-order valence-electron chi connectivity index (χ1n) is 3.96. The van der Waals surface area contributed by atoms with Crippen LogP contribution in [0, 0.1) is 0 Å². The van der Waals surface area contributed by atoms with Crippen molar-refractivity contribution in [3.05, 3.63) is 30.1 Å². The van der Waals surface area contributed by atoms with Crippen LogP contribution in [0.4, 0.5) is 0 Å². The van der Waals surface area contributed by atoms with Crippen molar-refractivity contribution in [1.82, 2.24) is 4.98 Å². The molecule has 0 amide bonds. The summed E-state index contributed by atoms with van der Waals surface area (Å²) in [6.45, 7) is 0. The molecule has 0 unspecified atom stereocenters. The Hall–Kier alpha value is -1.13. The Labute approximate surface area is 88.9 Å². The lowest BCUT2D eigenvalue weighted by Crippen LogP contribution is -2.16. The number of ether oxygens (including phenoxy) is 1. The van der Waals surface area contributed by atoms with Crippen LogP contribution < -0.4 is 5.73 Å². The fourth-order valence-electron chi connectivity index (χ4n) is 0.991. The van der Waals surface area contributed by atoms with Gasteiger partial charge < -0.3 is 10.5 Å². The molecular weight excluding hydrogens is 204 g/mol. The van der Waals surface area contributed by atoms with E-state index in [-0.39, 0.29) is 30.8 Å². The molecule has 0 aliphatic heterocycles. The summed E-state index contributed by atoms with van der Waals surface area (Å²) in [5.74, 6) is -0.302. The van der Waals surface area contributed by atoms with Crippen LogP contribution in [0.5, 0.6) is 0 Å². The van der Waals surface area contributed by atoms with E-state index in [0.29, 0.717) is 0 Å². The number of pyridine rings is 1. The first-order valence-corrected chi connectivity index (χ1v) is 3.96. The van der Waals surface area contributed by atoms with Crippen LogP contribution in [0.25, 0.3) is 0 Å². The van der Waals surface area contributed by atoms with Gasteiger partial charge in [-0.3, -0.25) is 9.78 Å². The van der Waals surface area contributed by atoms with Crippen molar-refractivity contribution >= 4 is 18.4 Å². The van der Waals surface area contributed by atoms with Crippen molar-refractivity contribution < 1.29 is 9.53 Å². The lowest BCUT2D eigenvalue weighted by atomic mass is 10.1. The Bertz CT molecular complexity index is 279. The molecule has 1 atom stereocenters. The van der Waals surface area contributed by atoms with E-state index in [4.69, 9.17) is 5.73 Å². The minimum absolute atomic E-state index is 0. The molecule has 0 saturated carbocycles. The number of rotatable bonds is 3. The minimum Gasteiger partial charge on any atom is -0.469 e. The second-order valence-electron chi connectivity index (χ2n) is 2.67. The predicted octanol–water partition coefficient (Wildman–Crippen LogP) is 1.07. The van der Waals surface area contributed by atoms with Crippen molar-refractivity contribution in [3.8, 4) is 0 Å². The molecule has 14 heavy (non-hydrogen) atoms. The molecule has 1 heterocycles. The number of hydrogen-bond donors (Lipinski definition) is 1. The number of nitrogens with zero attached hydrogens (tertiary/aromatic N) is 1. The molecule has 78 valence electrons. The number of carbonyl (C=O) groups excluding carboxylic acids is 1. The molecule has 1 aromatic heterocycles. The molecule has 1 rings (SSSR count). The average molecular weight is 217 g/mol. The van der Waals surface area contributed by atoms with Gasteiger partial charge in [0.15, 0.2) is 0 Å². The molecule has 0 aliphatic carbocycles. The monoisotopic (exact) mass is 216 g/mol. The summed E-state index contributed by atoms with van der Waals surface area (Å²) in [7, 11) is 1.35. The van der Waals surface area contributed by atoms with Crippen molar-refractivity contribution in [2.24, 2.45) is 5.73 Å². The highest BCUT2D eigenvalue weighted by Crippen LogP contribution is 2.12. The van der Waals surface area contributed by atoms with Gasteiger partial charge in [-0.15, -0.1) is 12.4 Å². The molecule has 0 bridgehead atoms. The second-order valence-corrected chi connectivity index (χ2v) is 2.67. The second kappa shape index (κ2) is 6.34. The highest BCUT2D eigenvalue weighted by molar-refractivity contribution is 5.85. The van der Waals surface area contributed by atoms with Crippen LogP contribution in [0.1, 0.15) is 18.0 Å². The van der Waals surface area contributed by atoms with Gasteiger partial charge in [0.25, 0.3) is 0 Å². The highest BCUT2D eigenvalue weighted by Gasteiger charge is 2.10. The Morgan fingerprint density at radius 3 is 2.64 bits per heavy atom. The SMILES string of the molecule is COC(=O)C[C@H](N)c1ccncc1.Cl. The summed E-state index contributed by atoms with van der Waals surface area (Å²) in [5.41, 5.74) is 6.63. The van der Waals surface area contributed by atoms with E-state index >= 15 is 0 Å². The average Bonchev–Trinajstić information content (AvgIpc) is 2.19. The zero-order valence-corrected chi connectivity index (χ0v) is 8.66. The van der Waals surface area contributed by atoms with E-state index in [1.165, 1.54) is 7.11 Å². The van der Waals surface area contributed by atoms with Crippen molar-refractivity contribution in [2.45, 2.75) is 12.5 Å².